The third-order valence-corrected chi connectivity index (χ3v) is 4.85. The topological polar surface area (TPSA) is 36.4 Å². The first-order valence-electron chi connectivity index (χ1n) is 8.75. The first kappa shape index (κ1) is 16.5. The third kappa shape index (κ3) is 3.42. The van der Waals surface area contributed by atoms with Crippen LogP contribution in [0.5, 0.6) is 0 Å². The van der Waals surface area contributed by atoms with Crippen molar-refractivity contribution < 1.29 is 4.79 Å². The predicted octanol–water partition coefficient (Wildman–Crippen LogP) is 4.13. The third-order valence-electron chi connectivity index (χ3n) is 4.85. The molecule has 126 valence electrons. The van der Waals surface area contributed by atoms with Gasteiger partial charge in [-0.2, -0.15) is 0 Å². The highest BCUT2D eigenvalue weighted by molar-refractivity contribution is 6.06. The van der Waals surface area contributed by atoms with Gasteiger partial charge >= 0.3 is 0 Å². The van der Waals surface area contributed by atoms with E-state index in [0.717, 1.165) is 24.3 Å². The molecule has 1 unspecified atom stereocenters. The fraction of sp³-hybridized carbons (Fsp3) is 0.400. The van der Waals surface area contributed by atoms with Gasteiger partial charge in [0.1, 0.15) is 0 Å². The van der Waals surface area contributed by atoms with Gasteiger partial charge in [-0.05, 0) is 43.9 Å². The molecule has 3 rings (SSSR count). The number of hydrogen-bond acceptors (Lipinski definition) is 3. The van der Waals surface area contributed by atoms with Crippen molar-refractivity contribution in [1.29, 1.82) is 0 Å². The number of rotatable bonds is 4. The maximum Gasteiger partial charge on any atom is 0.259 e. The highest BCUT2D eigenvalue weighted by atomic mass is 16.2. The smallest absolute Gasteiger partial charge is 0.259 e. The van der Waals surface area contributed by atoms with Gasteiger partial charge in [-0.25, -0.2) is 0 Å². The van der Waals surface area contributed by atoms with E-state index in [2.05, 4.69) is 16.8 Å². The summed E-state index contributed by atoms with van der Waals surface area (Å²) in [4.78, 5) is 21.2. The largest absolute Gasteiger partial charge is 0.367 e. The number of nitrogens with zero attached hydrogens (tertiary/aromatic N) is 3. The molecule has 0 N–H and O–H groups in total. The van der Waals surface area contributed by atoms with Crippen LogP contribution in [-0.2, 0) is 0 Å². The highest BCUT2D eigenvalue weighted by Crippen LogP contribution is 2.27. The van der Waals surface area contributed by atoms with Crippen LogP contribution < -0.4 is 9.80 Å². The van der Waals surface area contributed by atoms with Gasteiger partial charge in [-0.15, -0.1) is 0 Å². The van der Waals surface area contributed by atoms with Crippen molar-refractivity contribution in [2.75, 3.05) is 23.4 Å². The Kier molecular flexibility index (Phi) is 5.14. The first-order valence-corrected chi connectivity index (χ1v) is 8.75. The van der Waals surface area contributed by atoms with Gasteiger partial charge in [0, 0.05) is 31.5 Å². The van der Waals surface area contributed by atoms with E-state index < -0.39 is 0 Å². The van der Waals surface area contributed by atoms with Crippen molar-refractivity contribution in [3.63, 3.8) is 0 Å². The number of carbonyl (C=O) groups is 1. The van der Waals surface area contributed by atoms with Crippen LogP contribution in [0.25, 0.3) is 0 Å². The number of para-hydroxylation sites is 1. The van der Waals surface area contributed by atoms with E-state index in [1.807, 2.05) is 42.6 Å². The lowest BCUT2D eigenvalue weighted by Gasteiger charge is -2.37. The molecule has 1 amide bonds. The molecule has 1 atom stereocenters. The zero-order valence-corrected chi connectivity index (χ0v) is 14.5. The van der Waals surface area contributed by atoms with Gasteiger partial charge in [0.15, 0.2) is 0 Å². The van der Waals surface area contributed by atoms with Crippen LogP contribution in [0.4, 0.5) is 11.4 Å². The van der Waals surface area contributed by atoms with Crippen molar-refractivity contribution in [3.05, 3.63) is 54.4 Å². The van der Waals surface area contributed by atoms with Crippen molar-refractivity contribution >= 4 is 17.3 Å². The molecule has 1 aromatic carbocycles. The van der Waals surface area contributed by atoms with Crippen molar-refractivity contribution in [3.8, 4) is 0 Å². The van der Waals surface area contributed by atoms with E-state index in [0.29, 0.717) is 11.6 Å². The zero-order chi connectivity index (χ0) is 16.9. The molecular formula is C20H25N3O. The van der Waals surface area contributed by atoms with E-state index in [1.165, 1.54) is 19.3 Å². The van der Waals surface area contributed by atoms with Crippen LogP contribution in [0.15, 0.2) is 48.8 Å². The summed E-state index contributed by atoms with van der Waals surface area (Å²) < 4.78 is 0. The van der Waals surface area contributed by atoms with Crippen LogP contribution in [0.1, 0.15) is 43.0 Å². The van der Waals surface area contributed by atoms with Crippen LogP contribution in [0.2, 0.25) is 0 Å². The number of benzene rings is 1. The summed E-state index contributed by atoms with van der Waals surface area (Å²) in [5, 5.41) is 0. The second-order valence-corrected chi connectivity index (χ2v) is 6.38. The Hall–Kier alpha value is -2.36. The molecule has 0 radical (unpaired) electrons. The Balaban J connectivity index is 1.83. The van der Waals surface area contributed by atoms with Gasteiger partial charge in [0.2, 0.25) is 0 Å². The van der Waals surface area contributed by atoms with Crippen LogP contribution in [-0.4, -0.2) is 30.5 Å². The highest BCUT2D eigenvalue weighted by Gasteiger charge is 2.22. The summed E-state index contributed by atoms with van der Waals surface area (Å²) in [7, 11) is 1.81. The first-order chi connectivity index (χ1) is 11.7. The van der Waals surface area contributed by atoms with Gasteiger partial charge < -0.3 is 9.80 Å². The molecule has 0 bridgehead atoms. The second kappa shape index (κ2) is 7.47. The van der Waals surface area contributed by atoms with Gasteiger partial charge in [0.05, 0.1) is 17.4 Å². The monoisotopic (exact) mass is 323 g/mol. The quantitative estimate of drug-likeness (QED) is 0.849. The number of aromatic nitrogens is 1. The maximum atomic E-state index is 12.8. The molecule has 1 saturated heterocycles. The fourth-order valence-electron chi connectivity index (χ4n) is 3.43. The van der Waals surface area contributed by atoms with E-state index in [-0.39, 0.29) is 5.91 Å². The molecule has 2 aromatic rings. The van der Waals surface area contributed by atoms with Crippen LogP contribution in [0, 0.1) is 0 Å². The Morgan fingerprint density at radius 2 is 2.04 bits per heavy atom. The minimum absolute atomic E-state index is 0.0272. The van der Waals surface area contributed by atoms with E-state index >= 15 is 0 Å². The molecule has 0 spiro atoms. The summed E-state index contributed by atoms with van der Waals surface area (Å²) in [5.74, 6) is -0.0272. The van der Waals surface area contributed by atoms with Crippen molar-refractivity contribution in [1.82, 2.24) is 4.98 Å². The average Bonchev–Trinajstić information content (AvgIpc) is 2.67. The summed E-state index contributed by atoms with van der Waals surface area (Å²) in [5.41, 5.74) is 2.59. The summed E-state index contributed by atoms with van der Waals surface area (Å²) in [6, 6.07) is 12.2. The molecule has 24 heavy (non-hydrogen) atoms. The number of anilines is 2. The fourth-order valence-corrected chi connectivity index (χ4v) is 3.43. The molecule has 2 heterocycles. The van der Waals surface area contributed by atoms with E-state index in [1.54, 1.807) is 18.1 Å². The number of carbonyl (C=O) groups excluding carboxylic acids is 1. The van der Waals surface area contributed by atoms with Crippen LogP contribution >= 0.6 is 0 Å². The predicted molar refractivity (Wildman–Crippen MR) is 98.7 cm³/mol. The van der Waals surface area contributed by atoms with Crippen molar-refractivity contribution in [2.24, 2.45) is 0 Å². The maximum absolute atomic E-state index is 12.8. The van der Waals surface area contributed by atoms with Crippen LogP contribution in [0.3, 0.4) is 0 Å². The minimum atomic E-state index is -0.0272. The Morgan fingerprint density at radius 1 is 1.25 bits per heavy atom. The molecular weight excluding hydrogens is 298 g/mol. The van der Waals surface area contributed by atoms with E-state index in [9.17, 15) is 4.79 Å². The number of piperidine rings is 1. The molecule has 0 saturated carbocycles. The average molecular weight is 323 g/mol. The van der Waals surface area contributed by atoms with Crippen molar-refractivity contribution in [2.45, 2.75) is 38.6 Å². The van der Waals surface area contributed by atoms with Gasteiger partial charge in [-0.1, -0.05) is 25.1 Å². The lowest BCUT2D eigenvalue weighted by molar-refractivity contribution is 0.0992. The van der Waals surface area contributed by atoms with Gasteiger partial charge in [0.25, 0.3) is 5.91 Å². The number of amides is 1. The number of hydrogen-bond donors (Lipinski definition) is 0. The molecule has 1 aromatic heterocycles. The summed E-state index contributed by atoms with van der Waals surface area (Å²) >= 11 is 0. The standard InChI is InChI=1S/C20H25N3O/c1-3-17-9-7-8-12-23(17)19-13-16(14-21-15-19)20(24)22(2)18-10-5-4-6-11-18/h4-6,10-11,13-15,17H,3,7-9,12H2,1-2H3. The SMILES string of the molecule is CCC1CCCCN1c1cncc(C(=O)N(C)c2ccccc2)c1. The minimum Gasteiger partial charge on any atom is -0.367 e. The number of pyridine rings is 1. The molecule has 0 aliphatic carbocycles. The van der Waals surface area contributed by atoms with E-state index in [4.69, 9.17) is 0 Å². The Bertz CT molecular complexity index is 686. The molecule has 4 nitrogen and oxygen atoms in total. The zero-order valence-electron chi connectivity index (χ0n) is 14.5. The lowest BCUT2D eigenvalue weighted by atomic mass is 9.99. The second-order valence-electron chi connectivity index (χ2n) is 6.38. The summed E-state index contributed by atoms with van der Waals surface area (Å²) in [6.45, 7) is 3.28. The Morgan fingerprint density at radius 3 is 2.79 bits per heavy atom. The molecule has 4 heteroatoms. The summed E-state index contributed by atoms with van der Waals surface area (Å²) in [6.07, 6.45) is 8.39. The Labute approximate surface area is 144 Å². The van der Waals surface area contributed by atoms with Gasteiger partial charge in [-0.3, -0.25) is 9.78 Å². The molecule has 1 fully saturated rings. The normalized spacial score (nSPS) is 17.6. The lowest BCUT2D eigenvalue weighted by Crippen LogP contribution is -2.39. The molecule has 1 aliphatic rings. The molecule has 1 aliphatic heterocycles.